The van der Waals surface area contributed by atoms with Gasteiger partial charge in [-0.3, -0.25) is 14.4 Å². The Balaban J connectivity index is 1.87. The van der Waals surface area contributed by atoms with E-state index in [0.717, 1.165) is 13.8 Å². The number of benzene rings is 1. The number of rotatable bonds is 5. The molecule has 234 valence electrons. The number of hydrogen-bond donors (Lipinski definition) is 4. The zero-order valence-electron chi connectivity index (χ0n) is 24.7. The number of aliphatic hydroxyl groups excluding tert-OH is 3. The topological polar surface area (TPSA) is 186 Å². The third kappa shape index (κ3) is 4.29. The summed E-state index contributed by atoms with van der Waals surface area (Å²) >= 11 is 0. The van der Waals surface area contributed by atoms with Crippen molar-refractivity contribution in [3.05, 3.63) is 47.0 Å². The predicted octanol–water partition coefficient (Wildman–Crippen LogP) is 0.625. The van der Waals surface area contributed by atoms with Gasteiger partial charge in [-0.1, -0.05) is 32.0 Å². The van der Waals surface area contributed by atoms with Gasteiger partial charge in [-0.15, -0.1) is 0 Å². The molecule has 12 heteroatoms. The average molecular weight is 603 g/mol. The molecule has 3 fully saturated rings. The van der Waals surface area contributed by atoms with Crippen LogP contribution < -0.4 is 0 Å². The summed E-state index contributed by atoms with van der Waals surface area (Å²) < 4.78 is 23.3. The minimum Gasteiger partial charge on any atom is -0.455 e. The van der Waals surface area contributed by atoms with Gasteiger partial charge in [0.25, 0.3) is 0 Å². The first-order chi connectivity index (χ1) is 20.1. The number of hydrogen-bond acceptors (Lipinski definition) is 12. The smallest absolute Gasteiger partial charge is 0.338 e. The standard InChI is InChI=1S/C31H38O12/c1-15-19(35)12-31(39)26(42-27(38)18-9-7-6-8-10-18)24-29(13-32,20(36)11-21-30(24,14-40-21)43-17(3)34)25(37)23(41-16(2)33)22(15)28(31,4)5/h6-10,19-21,23-24,26,32,35-36,39H,11-14H2,1-5H3/t19-,20-,21+,23+,24?,26-,29+,30-,31+/m0/s1. The molecule has 0 spiro atoms. The normalized spacial score (nSPS) is 39.7. The molecule has 2 saturated carbocycles. The first-order valence-corrected chi connectivity index (χ1v) is 14.3. The highest BCUT2D eigenvalue weighted by Crippen LogP contribution is 2.64. The second kappa shape index (κ2) is 10.5. The van der Waals surface area contributed by atoms with Crippen LogP contribution in [0.3, 0.4) is 0 Å². The lowest BCUT2D eigenvalue weighted by Gasteiger charge is -2.67. The number of ketones is 1. The van der Waals surface area contributed by atoms with E-state index in [1.54, 1.807) is 32.0 Å². The Morgan fingerprint density at radius 3 is 2.23 bits per heavy atom. The van der Waals surface area contributed by atoms with Crippen LogP contribution in [0.25, 0.3) is 0 Å². The Hall–Kier alpha value is -3.16. The van der Waals surface area contributed by atoms with Gasteiger partial charge >= 0.3 is 17.9 Å². The van der Waals surface area contributed by atoms with Gasteiger partial charge in [-0.05, 0) is 30.2 Å². The molecular formula is C31H38O12. The highest BCUT2D eigenvalue weighted by Gasteiger charge is 2.79. The van der Waals surface area contributed by atoms with Crippen LogP contribution in [-0.4, -0.2) is 99.1 Å². The second-order valence-corrected chi connectivity index (χ2v) is 12.7. The van der Waals surface area contributed by atoms with Crippen molar-refractivity contribution in [3.8, 4) is 0 Å². The number of carbonyl (C=O) groups is 4. The van der Waals surface area contributed by atoms with E-state index >= 15 is 0 Å². The summed E-state index contributed by atoms with van der Waals surface area (Å²) in [6.45, 7) is 5.56. The minimum absolute atomic E-state index is 0.0571. The van der Waals surface area contributed by atoms with Crippen LogP contribution in [0.5, 0.6) is 0 Å². The van der Waals surface area contributed by atoms with Crippen molar-refractivity contribution in [1.82, 2.24) is 0 Å². The van der Waals surface area contributed by atoms with Crippen molar-refractivity contribution >= 4 is 23.7 Å². The first-order valence-electron chi connectivity index (χ1n) is 14.3. The van der Waals surface area contributed by atoms with Crippen LogP contribution in [0.2, 0.25) is 0 Å². The molecule has 0 amide bonds. The lowest BCUT2D eigenvalue weighted by molar-refractivity contribution is -0.350. The van der Waals surface area contributed by atoms with Crippen molar-refractivity contribution in [2.24, 2.45) is 16.7 Å². The van der Waals surface area contributed by atoms with Gasteiger partial charge in [0.1, 0.15) is 17.8 Å². The van der Waals surface area contributed by atoms with E-state index in [1.165, 1.54) is 19.1 Å². The molecule has 12 nitrogen and oxygen atoms in total. The van der Waals surface area contributed by atoms with Gasteiger partial charge in [-0.2, -0.15) is 0 Å². The quantitative estimate of drug-likeness (QED) is 0.210. The summed E-state index contributed by atoms with van der Waals surface area (Å²) in [6, 6.07) is 7.87. The van der Waals surface area contributed by atoms with Crippen molar-refractivity contribution in [2.75, 3.05) is 13.2 Å². The molecule has 0 aromatic heterocycles. The van der Waals surface area contributed by atoms with Gasteiger partial charge in [0.05, 0.1) is 42.3 Å². The molecule has 1 saturated heterocycles. The molecule has 5 rings (SSSR count). The molecule has 9 atom stereocenters. The summed E-state index contributed by atoms with van der Waals surface area (Å²) in [6.07, 6.45) is -8.21. The molecule has 1 aromatic carbocycles. The Kier molecular flexibility index (Phi) is 7.62. The summed E-state index contributed by atoms with van der Waals surface area (Å²) in [4.78, 5) is 53.6. The number of aliphatic hydroxyl groups is 4. The van der Waals surface area contributed by atoms with Crippen molar-refractivity contribution in [1.29, 1.82) is 0 Å². The number of esters is 3. The predicted molar refractivity (Wildman–Crippen MR) is 146 cm³/mol. The van der Waals surface area contributed by atoms with Crippen LogP contribution in [0.4, 0.5) is 0 Å². The molecular weight excluding hydrogens is 564 g/mol. The molecule has 3 aliphatic carbocycles. The molecule has 1 unspecified atom stereocenters. The fraction of sp³-hybridized carbons (Fsp3) is 0.613. The van der Waals surface area contributed by atoms with Gasteiger partial charge < -0.3 is 39.4 Å². The third-order valence-electron chi connectivity index (χ3n) is 10.2. The van der Waals surface area contributed by atoms with Crippen LogP contribution in [-0.2, 0) is 33.3 Å². The monoisotopic (exact) mass is 602 g/mol. The summed E-state index contributed by atoms with van der Waals surface area (Å²) in [5.74, 6) is -5.09. The fourth-order valence-corrected chi connectivity index (χ4v) is 8.00. The maximum absolute atomic E-state index is 14.9. The first kappa shape index (κ1) is 31.3. The van der Waals surface area contributed by atoms with E-state index in [-0.39, 0.29) is 29.7 Å². The number of ether oxygens (including phenoxy) is 4. The Labute approximate surface area is 248 Å². The van der Waals surface area contributed by atoms with Crippen LogP contribution in [0.15, 0.2) is 41.5 Å². The van der Waals surface area contributed by atoms with Gasteiger partial charge in [0.15, 0.2) is 17.5 Å². The maximum Gasteiger partial charge on any atom is 0.338 e. The van der Waals surface area contributed by atoms with Gasteiger partial charge in [0.2, 0.25) is 0 Å². The van der Waals surface area contributed by atoms with E-state index in [1.807, 2.05) is 0 Å². The van der Waals surface area contributed by atoms with E-state index in [0.29, 0.717) is 0 Å². The van der Waals surface area contributed by atoms with Crippen molar-refractivity contribution in [2.45, 2.75) is 89.2 Å². The lowest BCUT2D eigenvalue weighted by atomic mass is 9.44. The lowest BCUT2D eigenvalue weighted by Crippen LogP contribution is -2.83. The highest BCUT2D eigenvalue weighted by atomic mass is 16.6. The summed E-state index contributed by atoms with van der Waals surface area (Å²) in [5.41, 5.74) is -7.37. The molecule has 1 aromatic rings. The molecule has 4 N–H and O–H groups in total. The van der Waals surface area contributed by atoms with Crippen LogP contribution >= 0.6 is 0 Å². The van der Waals surface area contributed by atoms with Crippen LogP contribution in [0, 0.1) is 16.7 Å². The van der Waals surface area contributed by atoms with Gasteiger partial charge in [-0.25, -0.2) is 4.79 Å². The largest absolute Gasteiger partial charge is 0.455 e. The van der Waals surface area contributed by atoms with Crippen LogP contribution in [0.1, 0.15) is 57.8 Å². The number of carbonyl (C=O) groups excluding carboxylic acids is 4. The zero-order chi connectivity index (χ0) is 31.7. The van der Waals surface area contributed by atoms with E-state index in [9.17, 15) is 39.6 Å². The third-order valence-corrected chi connectivity index (χ3v) is 10.2. The average Bonchev–Trinajstić information content (AvgIpc) is 2.93. The Bertz CT molecular complexity index is 1370. The summed E-state index contributed by atoms with van der Waals surface area (Å²) in [7, 11) is 0. The number of fused-ring (bicyclic) bond motifs is 5. The summed E-state index contributed by atoms with van der Waals surface area (Å²) in [5, 5.41) is 47.0. The minimum atomic E-state index is -2.28. The van der Waals surface area contributed by atoms with E-state index in [4.69, 9.17) is 18.9 Å². The van der Waals surface area contributed by atoms with Crippen molar-refractivity contribution < 1.29 is 58.6 Å². The molecule has 0 radical (unpaired) electrons. The van der Waals surface area contributed by atoms with E-state index in [2.05, 4.69) is 0 Å². The highest BCUT2D eigenvalue weighted by molar-refractivity contribution is 5.96. The number of Topliss-reactive ketones (excluding diaryl/α,β-unsaturated/α-hetero) is 1. The second-order valence-electron chi connectivity index (χ2n) is 12.7. The van der Waals surface area contributed by atoms with Crippen molar-refractivity contribution in [3.63, 3.8) is 0 Å². The zero-order valence-corrected chi connectivity index (χ0v) is 24.7. The Morgan fingerprint density at radius 1 is 1.05 bits per heavy atom. The molecule has 4 aliphatic rings. The van der Waals surface area contributed by atoms with Gasteiger partial charge in [0, 0.05) is 32.1 Å². The van der Waals surface area contributed by atoms with E-state index < -0.39 is 95.2 Å². The molecule has 43 heavy (non-hydrogen) atoms. The fourth-order valence-electron chi connectivity index (χ4n) is 8.00. The SMILES string of the molecule is CC(=O)O[C@H]1C(=O)[C@@]2(CO)C([C@H](OC(=O)c3ccccc3)[C@]3(O)C[C@H](O)C(C)=C1C3(C)C)[C@]1(OC(C)=O)CO[C@@H]1C[C@@H]2O. The maximum atomic E-state index is 14.9. The molecule has 1 heterocycles. The molecule has 2 bridgehead atoms. The Morgan fingerprint density at radius 2 is 1.70 bits per heavy atom. The molecule has 1 aliphatic heterocycles.